The second-order valence-electron chi connectivity index (χ2n) is 9.60. The highest BCUT2D eigenvalue weighted by Gasteiger charge is 2.37. The molecule has 1 saturated heterocycles. The molecule has 8 nitrogen and oxygen atoms in total. The van der Waals surface area contributed by atoms with E-state index in [1.54, 1.807) is 18.2 Å². The van der Waals surface area contributed by atoms with E-state index in [0.29, 0.717) is 21.9 Å². The summed E-state index contributed by atoms with van der Waals surface area (Å²) < 4.78 is 7.89. The fraction of sp³-hybridized carbons (Fsp3) is 0.125. The summed E-state index contributed by atoms with van der Waals surface area (Å²) in [6.07, 6.45) is 1.50. The van der Waals surface area contributed by atoms with Gasteiger partial charge >= 0.3 is 6.03 Å². The Kier molecular flexibility index (Phi) is 7.47. The van der Waals surface area contributed by atoms with Gasteiger partial charge in [0.2, 0.25) is 0 Å². The number of hydrogen-bond donors (Lipinski definition) is 1. The number of benzene rings is 3. The highest BCUT2D eigenvalue weighted by molar-refractivity contribution is 6.39. The first-order valence-electron chi connectivity index (χ1n) is 12.8. The van der Waals surface area contributed by atoms with Gasteiger partial charge < -0.3 is 9.30 Å². The Bertz CT molecular complexity index is 1780. The summed E-state index contributed by atoms with van der Waals surface area (Å²) in [7, 11) is 0. The van der Waals surface area contributed by atoms with Crippen molar-refractivity contribution in [2.45, 2.75) is 27.4 Å². The second-order valence-corrected chi connectivity index (χ2v) is 10.0. The van der Waals surface area contributed by atoms with Gasteiger partial charge in [0.05, 0.1) is 17.3 Å². The van der Waals surface area contributed by atoms with Crippen LogP contribution in [0.15, 0.2) is 78.4 Å². The van der Waals surface area contributed by atoms with Crippen molar-refractivity contribution in [1.82, 2.24) is 9.88 Å². The monoisotopic (exact) mass is 564 g/mol. The number of nitrogens with one attached hydrogen (secondary N) is 1. The Morgan fingerprint density at radius 2 is 1.66 bits per heavy atom. The second kappa shape index (κ2) is 11.2. The molecule has 4 amide bonds. The number of nitriles is 1. The molecular formula is C32H25ClN4O4. The first-order chi connectivity index (χ1) is 19.7. The average molecular weight is 565 g/mol. The van der Waals surface area contributed by atoms with Gasteiger partial charge in [0, 0.05) is 27.7 Å². The number of aromatic nitrogens is 1. The maximum absolute atomic E-state index is 13.4. The minimum atomic E-state index is -0.832. The molecule has 0 radical (unpaired) electrons. The molecule has 1 fully saturated rings. The van der Waals surface area contributed by atoms with Gasteiger partial charge in [0.15, 0.2) is 0 Å². The van der Waals surface area contributed by atoms with E-state index < -0.39 is 17.8 Å². The van der Waals surface area contributed by atoms with E-state index in [-0.39, 0.29) is 17.9 Å². The van der Waals surface area contributed by atoms with Crippen LogP contribution in [0.25, 0.3) is 11.8 Å². The van der Waals surface area contributed by atoms with Crippen LogP contribution in [0.5, 0.6) is 5.75 Å². The number of urea groups is 1. The van der Waals surface area contributed by atoms with Crippen LogP contribution in [-0.4, -0.2) is 22.4 Å². The number of amides is 4. The lowest BCUT2D eigenvalue weighted by Crippen LogP contribution is -2.54. The van der Waals surface area contributed by atoms with Crippen LogP contribution in [-0.2, 0) is 16.2 Å². The zero-order valence-corrected chi connectivity index (χ0v) is 23.3. The number of anilines is 1. The highest BCUT2D eigenvalue weighted by Crippen LogP contribution is 2.29. The zero-order chi connectivity index (χ0) is 29.3. The SMILES string of the molecule is Cc1ccc(N2C(=O)NC(=O)/C(=C/c3cc(C)n(-c4ccc(OCc5ccccc5C#N)cc4)c3C)C2=O)cc1Cl. The number of halogens is 1. The van der Waals surface area contributed by atoms with Crippen LogP contribution in [0, 0.1) is 32.1 Å². The molecule has 5 rings (SSSR count). The topological polar surface area (TPSA) is 104 Å². The predicted octanol–water partition coefficient (Wildman–Crippen LogP) is 6.17. The molecule has 0 saturated carbocycles. The third kappa shape index (κ3) is 5.36. The maximum atomic E-state index is 13.4. The molecule has 0 unspecified atom stereocenters. The summed E-state index contributed by atoms with van der Waals surface area (Å²) in [6, 6.07) is 22.8. The van der Waals surface area contributed by atoms with E-state index in [0.717, 1.165) is 33.1 Å². The van der Waals surface area contributed by atoms with Crippen molar-refractivity contribution in [3.8, 4) is 17.5 Å². The van der Waals surface area contributed by atoms with E-state index in [9.17, 15) is 19.6 Å². The van der Waals surface area contributed by atoms with E-state index in [1.165, 1.54) is 12.1 Å². The number of barbiturate groups is 1. The first-order valence-corrected chi connectivity index (χ1v) is 13.1. The maximum Gasteiger partial charge on any atom is 0.335 e. The van der Waals surface area contributed by atoms with Crippen LogP contribution in [0.3, 0.4) is 0 Å². The van der Waals surface area contributed by atoms with Crippen LogP contribution in [0.4, 0.5) is 10.5 Å². The molecule has 0 spiro atoms. The predicted molar refractivity (Wildman–Crippen MR) is 156 cm³/mol. The molecule has 0 bridgehead atoms. The minimum Gasteiger partial charge on any atom is -0.489 e. The van der Waals surface area contributed by atoms with Gasteiger partial charge in [-0.15, -0.1) is 0 Å². The van der Waals surface area contributed by atoms with Crippen LogP contribution >= 0.6 is 11.6 Å². The summed E-state index contributed by atoms with van der Waals surface area (Å²) in [4.78, 5) is 39.6. The number of imide groups is 2. The number of carbonyl (C=O) groups excluding carboxylic acids is 3. The Morgan fingerprint density at radius 3 is 2.37 bits per heavy atom. The van der Waals surface area contributed by atoms with Gasteiger partial charge in [-0.3, -0.25) is 14.9 Å². The fourth-order valence-corrected chi connectivity index (χ4v) is 4.88. The molecule has 1 aliphatic heterocycles. The summed E-state index contributed by atoms with van der Waals surface area (Å²) in [5.41, 5.74) is 5.48. The van der Waals surface area contributed by atoms with Crippen molar-refractivity contribution in [2.75, 3.05) is 4.90 Å². The van der Waals surface area contributed by atoms with E-state index in [1.807, 2.05) is 73.9 Å². The Morgan fingerprint density at radius 1 is 0.951 bits per heavy atom. The standard InChI is InChI=1S/C32H25ClN4O4/c1-19-8-9-26(16-29(19)33)37-31(39)28(30(38)35-32(37)40)15-24-14-20(2)36(21(24)3)25-10-12-27(13-11-25)41-18-23-7-5-4-6-22(23)17-34/h4-16H,18H2,1-3H3,(H,35,38,40)/b28-15-. The van der Waals surface area contributed by atoms with E-state index in [4.69, 9.17) is 16.3 Å². The number of hydrogen-bond acceptors (Lipinski definition) is 5. The van der Waals surface area contributed by atoms with Crippen molar-refractivity contribution in [1.29, 1.82) is 5.26 Å². The summed E-state index contributed by atoms with van der Waals surface area (Å²) >= 11 is 6.22. The lowest BCUT2D eigenvalue weighted by atomic mass is 10.1. The van der Waals surface area contributed by atoms with Crippen LogP contribution < -0.4 is 15.0 Å². The molecule has 1 aliphatic rings. The minimum absolute atomic E-state index is 0.164. The average Bonchev–Trinajstić information content (AvgIpc) is 3.24. The van der Waals surface area contributed by atoms with Crippen molar-refractivity contribution in [2.24, 2.45) is 0 Å². The Hall–Kier alpha value is -5.13. The van der Waals surface area contributed by atoms with Gasteiger partial charge in [-0.1, -0.05) is 35.9 Å². The largest absolute Gasteiger partial charge is 0.489 e. The van der Waals surface area contributed by atoms with E-state index in [2.05, 4.69) is 11.4 Å². The van der Waals surface area contributed by atoms with Crippen molar-refractivity contribution >= 4 is 41.2 Å². The third-order valence-corrected chi connectivity index (χ3v) is 7.32. The van der Waals surface area contributed by atoms with Gasteiger partial charge in [0.1, 0.15) is 17.9 Å². The van der Waals surface area contributed by atoms with Gasteiger partial charge in [0.25, 0.3) is 11.8 Å². The first kappa shape index (κ1) is 27.4. The molecule has 1 N–H and O–H groups in total. The Labute approximate surface area is 242 Å². The van der Waals surface area contributed by atoms with Gasteiger partial charge in [-0.2, -0.15) is 5.26 Å². The Balaban J connectivity index is 1.40. The summed E-state index contributed by atoms with van der Waals surface area (Å²) in [6.45, 7) is 5.89. The quantitative estimate of drug-likeness (QED) is 0.223. The van der Waals surface area contributed by atoms with Crippen LogP contribution in [0.1, 0.15) is 33.6 Å². The number of nitrogens with zero attached hydrogens (tertiary/aromatic N) is 3. The number of rotatable bonds is 6. The van der Waals surface area contributed by atoms with Gasteiger partial charge in [-0.05, 0) is 86.5 Å². The molecule has 0 aliphatic carbocycles. The van der Waals surface area contributed by atoms with Crippen molar-refractivity contribution in [3.05, 3.63) is 117 Å². The normalized spacial score (nSPS) is 14.3. The number of carbonyl (C=O) groups is 3. The summed E-state index contributed by atoms with van der Waals surface area (Å²) in [5.74, 6) is -0.849. The number of aryl methyl sites for hydroxylation is 2. The molecule has 2 heterocycles. The van der Waals surface area contributed by atoms with Crippen molar-refractivity contribution in [3.63, 3.8) is 0 Å². The fourth-order valence-electron chi connectivity index (χ4n) is 4.71. The van der Waals surface area contributed by atoms with E-state index >= 15 is 0 Å². The number of ether oxygens (including phenoxy) is 1. The highest BCUT2D eigenvalue weighted by atomic mass is 35.5. The molecule has 3 aromatic carbocycles. The molecule has 204 valence electrons. The molecule has 0 atom stereocenters. The third-order valence-electron chi connectivity index (χ3n) is 6.91. The smallest absolute Gasteiger partial charge is 0.335 e. The lowest BCUT2D eigenvalue weighted by molar-refractivity contribution is -0.122. The molecular weight excluding hydrogens is 540 g/mol. The van der Waals surface area contributed by atoms with Gasteiger partial charge in [-0.25, -0.2) is 9.69 Å². The molecule has 1 aromatic heterocycles. The lowest BCUT2D eigenvalue weighted by Gasteiger charge is -2.26. The molecule has 4 aromatic rings. The summed E-state index contributed by atoms with van der Waals surface area (Å²) in [5, 5.41) is 11.9. The van der Waals surface area contributed by atoms with Crippen LogP contribution in [0.2, 0.25) is 5.02 Å². The van der Waals surface area contributed by atoms with Crippen molar-refractivity contribution < 1.29 is 19.1 Å². The molecule has 9 heteroatoms. The zero-order valence-electron chi connectivity index (χ0n) is 22.6. The molecule has 41 heavy (non-hydrogen) atoms.